The Hall–Kier alpha value is -0.0800. The smallest absolute Gasteiger partial charge is 0.0570 e. The number of aliphatic hydroxyl groups is 1. The first-order valence-electron chi connectivity index (χ1n) is 4.67. The van der Waals surface area contributed by atoms with Gasteiger partial charge in [-0.05, 0) is 38.1 Å². The molecule has 0 radical (unpaired) electrons. The molecule has 2 nitrogen and oxygen atoms in total. The molecular formula is C9H15NO. The summed E-state index contributed by atoms with van der Waals surface area (Å²) in [7, 11) is 2.23. The maximum absolute atomic E-state index is 9.52. The summed E-state index contributed by atoms with van der Waals surface area (Å²) in [6, 6.07) is 1.46. The topological polar surface area (TPSA) is 23.5 Å². The van der Waals surface area contributed by atoms with Gasteiger partial charge in [0, 0.05) is 12.1 Å². The van der Waals surface area contributed by atoms with Crippen molar-refractivity contribution in [2.75, 3.05) is 7.05 Å². The second-order valence-corrected chi connectivity index (χ2v) is 4.49. The maximum atomic E-state index is 9.52. The van der Waals surface area contributed by atoms with E-state index in [1.54, 1.807) is 0 Å². The third-order valence-corrected chi connectivity index (χ3v) is 3.95. The van der Waals surface area contributed by atoms with E-state index in [1.165, 1.54) is 6.42 Å². The predicted molar refractivity (Wildman–Crippen MR) is 42.2 cm³/mol. The van der Waals surface area contributed by atoms with Crippen molar-refractivity contribution in [2.45, 2.75) is 37.5 Å². The monoisotopic (exact) mass is 153 g/mol. The Morgan fingerprint density at radius 2 is 1.64 bits per heavy atom. The Labute approximate surface area is 67.2 Å². The Morgan fingerprint density at radius 1 is 1.09 bits per heavy atom. The van der Waals surface area contributed by atoms with Gasteiger partial charge in [0.25, 0.3) is 0 Å². The van der Waals surface area contributed by atoms with Crippen LogP contribution in [0.1, 0.15) is 19.3 Å². The molecule has 11 heavy (non-hydrogen) atoms. The highest BCUT2D eigenvalue weighted by molar-refractivity contribution is 5.12. The molecule has 0 spiro atoms. The van der Waals surface area contributed by atoms with Gasteiger partial charge < -0.3 is 5.11 Å². The number of fused-ring (bicyclic) bond motifs is 5. The van der Waals surface area contributed by atoms with Gasteiger partial charge in [-0.3, -0.25) is 4.90 Å². The molecular weight excluding hydrogens is 138 g/mol. The summed E-state index contributed by atoms with van der Waals surface area (Å²) in [5.41, 5.74) is 0. The molecule has 0 aromatic rings. The van der Waals surface area contributed by atoms with Crippen LogP contribution in [-0.4, -0.2) is 35.2 Å². The van der Waals surface area contributed by atoms with Crippen LogP contribution in [0.15, 0.2) is 0 Å². The summed E-state index contributed by atoms with van der Waals surface area (Å²) in [4.78, 5) is 2.51. The Kier molecular flexibility index (Phi) is 1.06. The van der Waals surface area contributed by atoms with E-state index in [4.69, 9.17) is 0 Å². The molecule has 2 aliphatic heterocycles. The van der Waals surface area contributed by atoms with Gasteiger partial charge in [0.2, 0.25) is 0 Å². The second kappa shape index (κ2) is 1.80. The van der Waals surface area contributed by atoms with Crippen LogP contribution in [-0.2, 0) is 0 Å². The summed E-state index contributed by atoms with van der Waals surface area (Å²) in [5.74, 6) is 1.92. The fourth-order valence-corrected chi connectivity index (χ4v) is 3.31. The first-order valence-corrected chi connectivity index (χ1v) is 4.67. The molecule has 0 amide bonds. The van der Waals surface area contributed by atoms with Crippen LogP contribution in [0.3, 0.4) is 0 Å². The van der Waals surface area contributed by atoms with Crippen molar-refractivity contribution in [2.24, 2.45) is 11.8 Å². The predicted octanol–water partition coefficient (Wildman–Crippen LogP) is 0.460. The minimum absolute atomic E-state index is 0.00833. The normalized spacial score (nSPS) is 61.1. The van der Waals surface area contributed by atoms with Gasteiger partial charge in [0.05, 0.1) is 6.10 Å². The standard InChI is InChI=1S/C9H15NO/c1-10-8-2-5(11)3-9(10)7-4-6(7)8/h5-9,11H,2-4H2,1H3/t5?,6-,7+,8?,9?. The lowest BCUT2D eigenvalue weighted by Crippen LogP contribution is -2.45. The van der Waals surface area contributed by atoms with Crippen LogP contribution < -0.4 is 0 Å². The average Bonchev–Trinajstić information content (AvgIpc) is 2.66. The van der Waals surface area contributed by atoms with E-state index in [0.29, 0.717) is 0 Å². The third kappa shape index (κ3) is 0.695. The van der Waals surface area contributed by atoms with Crippen molar-refractivity contribution < 1.29 is 5.11 Å². The number of rotatable bonds is 0. The minimum atomic E-state index is 0.00833. The molecule has 3 fully saturated rings. The molecule has 3 rings (SSSR count). The van der Waals surface area contributed by atoms with Crippen molar-refractivity contribution in [3.05, 3.63) is 0 Å². The zero-order chi connectivity index (χ0) is 7.59. The van der Waals surface area contributed by atoms with Gasteiger partial charge in [-0.1, -0.05) is 0 Å². The molecule has 62 valence electrons. The molecule has 2 heteroatoms. The molecule has 1 N–H and O–H groups in total. The lowest BCUT2D eigenvalue weighted by atomic mass is 9.96. The van der Waals surface area contributed by atoms with Gasteiger partial charge in [-0.15, -0.1) is 0 Å². The van der Waals surface area contributed by atoms with Gasteiger partial charge in [-0.2, -0.15) is 0 Å². The molecule has 1 aliphatic carbocycles. The number of nitrogens with zero attached hydrogens (tertiary/aromatic N) is 1. The van der Waals surface area contributed by atoms with Crippen molar-refractivity contribution in [3.8, 4) is 0 Å². The SMILES string of the molecule is CN1C2CC(O)CC1[C@@H]1C[C@H]21. The fraction of sp³-hybridized carbons (Fsp3) is 1.00. The van der Waals surface area contributed by atoms with E-state index in [-0.39, 0.29) is 6.10 Å². The molecule has 0 aromatic carbocycles. The largest absolute Gasteiger partial charge is 0.393 e. The number of hydrogen-bond donors (Lipinski definition) is 1. The molecule has 3 unspecified atom stereocenters. The van der Waals surface area contributed by atoms with Gasteiger partial charge >= 0.3 is 0 Å². The highest BCUT2D eigenvalue weighted by Crippen LogP contribution is 2.57. The van der Waals surface area contributed by atoms with Crippen LogP contribution in [0.2, 0.25) is 0 Å². The molecule has 0 aromatic heterocycles. The summed E-state index contributed by atoms with van der Waals surface area (Å²) < 4.78 is 0. The van der Waals surface area contributed by atoms with Crippen molar-refractivity contribution in [1.29, 1.82) is 0 Å². The average molecular weight is 153 g/mol. The quantitative estimate of drug-likeness (QED) is 0.546. The van der Waals surface area contributed by atoms with Crippen LogP contribution >= 0.6 is 0 Å². The highest BCUT2D eigenvalue weighted by Gasteiger charge is 2.59. The lowest BCUT2D eigenvalue weighted by Gasteiger charge is -2.37. The van der Waals surface area contributed by atoms with Crippen LogP contribution in [0.5, 0.6) is 0 Å². The zero-order valence-electron chi connectivity index (χ0n) is 6.90. The zero-order valence-corrected chi connectivity index (χ0v) is 6.90. The molecule has 1 saturated carbocycles. The minimum Gasteiger partial charge on any atom is -0.393 e. The Balaban J connectivity index is 1.90. The van der Waals surface area contributed by atoms with Crippen LogP contribution in [0, 0.1) is 11.8 Å². The van der Waals surface area contributed by atoms with E-state index in [0.717, 1.165) is 36.8 Å². The van der Waals surface area contributed by atoms with Crippen molar-refractivity contribution in [1.82, 2.24) is 4.90 Å². The Morgan fingerprint density at radius 3 is 2.18 bits per heavy atom. The highest BCUT2D eigenvalue weighted by atomic mass is 16.3. The molecule has 2 saturated heterocycles. The molecule has 3 aliphatic rings. The fourth-order valence-electron chi connectivity index (χ4n) is 3.31. The third-order valence-electron chi connectivity index (χ3n) is 3.95. The first-order chi connectivity index (χ1) is 5.27. The molecule has 2 bridgehead atoms. The van der Waals surface area contributed by atoms with E-state index < -0.39 is 0 Å². The molecule has 5 atom stereocenters. The maximum Gasteiger partial charge on any atom is 0.0570 e. The summed E-state index contributed by atoms with van der Waals surface area (Å²) >= 11 is 0. The van der Waals surface area contributed by atoms with E-state index >= 15 is 0 Å². The van der Waals surface area contributed by atoms with Gasteiger partial charge in [0.1, 0.15) is 0 Å². The van der Waals surface area contributed by atoms with Crippen LogP contribution in [0.25, 0.3) is 0 Å². The Bertz CT molecular complexity index is 176. The van der Waals surface area contributed by atoms with Gasteiger partial charge in [0.15, 0.2) is 0 Å². The summed E-state index contributed by atoms with van der Waals surface area (Å²) in [5, 5.41) is 9.52. The van der Waals surface area contributed by atoms with E-state index in [1.807, 2.05) is 0 Å². The van der Waals surface area contributed by atoms with Gasteiger partial charge in [-0.25, -0.2) is 0 Å². The molecule has 2 heterocycles. The summed E-state index contributed by atoms with van der Waals surface area (Å²) in [6.45, 7) is 0. The van der Waals surface area contributed by atoms with E-state index in [2.05, 4.69) is 11.9 Å². The van der Waals surface area contributed by atoms with E-state index in [9.17, 15) is 5.11 Å². The summed E-state index contributed by atoms with van der Waals surface area (Å²) in [6.07, 6.45) is 3.53. The van der Waals surface area contributed by atoms with Crippen molar-refractivity contribution >= 4 is 0 Å². The van der Waals surface area contributed by atoms with Crippen molar-refractivity contribution in [3.63, 3.8) is 0 Å². The number of piperidine rings is 2. The number of aliphatic hydroxyl groups excluding tert-OH is 1. The van der Waals surface area contributed by atoms with Crippen LogP contribution in [0.4, 0.5) is 0 Å². The second-order valence-electron chi connectivity index (χ2n) is 4.49. The first kappa shape index (κ1) is 6.44. The number of hydrogen-bond acceptors (Lipinski definition) is 2. The lowest BCUT2D eigenvalue weighted by molar-refractivity contribution is 0.0325.